The van der Waals surface area contributed by atoms with Gasteiger partial charge in [0.1, 0.15) is 5.60 Å². The quantitative estimate of drug-likeness (QED) is 0.873. The molecule has 4 rings (SSSR count). The molecule has 0 radical (unpaired) electrons. The van der Waals surface area contributed by atoms with E-state index >= 15 is 0 Å². The van der Waals surface area contributed by atoms with Crippen LogP contribution in [0.4, 0.5) is 0 Å². The lowest BCUT2D eigenvalue weighted by molar-refractivity contribution is -0.160. The van der Waals surface area contributed by atoms with Gasteiger partial charge in [-0.25, -0.2) is 0 Å². The van der Waals surface area contributed by atoms with Gasteiger partial charge in [0, 0.05) is 32.7 Å². The van der Waals surface area contributed by atoms with Crippen molar-refractivity contribution in [2.45, 2.75) is 31.4 Å². The molecule has 1 aromatic rings. The number of hydrogen-bond acceptors (Lipinski definition) is 4. The van der Waals surface area contributed by atoms with Crippen LogP contribution in [0.3, 0.4) is 0 Å². The fraction of sp³-hybridized carbons (Fsp3) is 0.650. The molecule has 1 amide bonds. The van der Waals surface area contributed by atoms with E-state index in [1.165, 1.54) is 11.1 Å². The molecule has 3 heterocycles. The van der Waals surface area contributed by atoms with Crippen LogP contribution in [0.15, 0.2) is 24.3 Å². The second kappa shape index (κ2) is 6.71. The maximum atomic E-state index is 13.6. The van der Waals surface area contributed by atoms with Gasteiger partial charge in [0.2, 0.25) is 0 Å². The number of amides is 1. The molecular formula is C20H29N3O2. The molecule has 0 aliphatic carbocycles. The van der Waals surface area contributed by atoms with Gasteiger partial charge in [-0.3, -0.25) is 4.79 Å². The Morgan fingerprint density at radius 2 is 1.96 bits per heavy atom. The number of fused-ring (bicyclic) bond motifs is 1. The smallest absolute Gasteiger partial charge is 0.255 e. The number of carbonyl (C=O) groups excluding carboxylic acids is 1. The zero-order valence-electron chi connectivity index (χ0n) is 15.3. The molecule has 0 bridgehead atoms. The number of piperidine rings is 1. The summed E-state index contributed by atoms with van der Waals surface area (Å²) >= 11 is 0. The first-order valence-electron chi connectivity index (χ1n) is 9.49. The van der Waals surface area contributed by atoms with Gasteiger partial charge in [-0.15, -0.1) is 0 Å². The molecule has 3 saturated heterocycles. The highest BCUT2D eigenvalue weighted by Gasteiger charge is 2.52. The van der Waals surface area contributed by atoms with Crippen LogP contribution in [0.2, 0.25) is 0 Å². The minimum absolute atomic E-state index is 0.163. The molecule has 5 nitrogen and oxygen atoms in total. The minimum atomic E-state index is -0.655. The molecule has 136 valence electrons. The Labute approximate surface area is 150 Å². The monoisotopic (exact) mass is 343 g/mol. The van der Waals surface area contributed by atoms with Gasteiger partial charge in [0.15, 0.2) is 0 Å². The molecule has 1 aromatic carbocycles. The summed E-state index contributed by atoms with van der Waals surface area (Å²) < 4.78 is 5.84. The Morgan fingerprint density at radius 3 is 2.68 bits per heavy atom. The number of nitrogens with one attached hydrogen (secondary N) is 2. The molecule has 3 fully saturated rings. The molecule has 0 aromatic heterocycles. The number of nitrogens with zero attached hydrogens (tertiary/aromatic N) is 1. The topological polar surface area (TPSA) is 53.6 Å². The molecular weight excluding hydrogens is 314 g/mol. The van der Waals surface area contributed by atoms with E-state index in [-0.39, 0.29) is 11.9 Å². The summed E-state index contributed by atoms with van der Waals surface area (Å²) in [5.74, 6) is 1.24. The van der Waals surface area contributed by atoms with Gasteiger partial charge >= 0.3 is 0 Å². The third-order valence-corrected chi connectivity index (χ3v) is 6.52. The number of carbonyl (C=O) groups is 1. The molecule has 0 unspecified atom stereocenters. The number of ether oxygens (including phenoxy) is 1. The van der Waals surface area contributed by atoms with E-state index < -0.39 is 5.60 Å². The predicted molar refractivity (Wildman–Crippen MR) is 97.3 cm³/mol. The molecule has 3 aliphatic heterocycles. The summed E-state index contributed by atoms with van der Waals surface area (Å²) in [6, 6.07) is 8.69. The van der Waals surface area contributed by atoms with Crippen LogP contribution in [0, 0.1) is 18.8 Å². The fourth-order valence-electron chi connectivity index (χ4n) is 5.04. The number of aryl methyl sites for hydroxylation is 1. The van der Waals surface area contributed by atoms with Crippen molar-refractivity contribution in [3.05, 3.63) is 35.4 Å². The Bertz CT molecular complexity index is 642. The summed E-state index contributed by atoms with van der Waals surface area (Å²) in [5.41, 5.74) is 1.92. The van der Waals surface area contributed by atoms with E-state index in [0.29, 0.717) is 11.8 Å². The fourth-order valence-corrected chi connectivity index (χ4v) is 5.04. The van der Waals surface area contributed by atoms with Gasteiger partial charge in [-0.1, -0.05) is 24.3 Å². The first kappa shape index (κ1) is 17.0. The van der Waals surface area contributed by atoms with Crippen molar-refractivity contribution >= 4 is 5.91 Å². The Balaban J connectivity index is 1.69. The zero-order chi connectivity index (χ0) is 17.4. The van der Waals surface area contributed by atoms with Crippen molar-refractivity contribution in [1.29, 1.82) is 0 Å². The summed E-state index contributed by atoms with van der Waals surface area (Å²) in [4.78, 5) is 15.8. The van der Waals surface area contributed by atoms with Crippen LogP contribution in [0.1, 0.15) is 30.0 Å². The highest BCUT2D eigenvalue weighted by atomic mass is 16.5. The van der Waals surface area contributed by atoms with Crippen LogP contribution in [0.5, 0.6) is 0 Å². The van der Waals surface area contributed by atoms with Crippen molar-refractivity contribution in [2.75, 3.05) is 39.8 Å². The lowest BCUT2D eigenvalue weighted by Gasteiger charge is -2.40. The first-order valence-corrected chi connectivity index (χ1v) is 9.49. The van der Waals surface area contributed by atoms with Gasteiger partial charge in [-0.05, 0) is 49.9 Å². The van der Waals surface area contributed by atoms with Crippen molar-refractivity contribution in [3.8, 4) is 0 Å². The van der Waals surface area contributed by atoms with Crippen molar-refractivity contribution < 1.29 is 9.53 Å². The van der Waals surface area contributed by atoms with E-state index in [9.17, 15) is 4.79 Å². The first-order chi connectivity index (χ1) is 12.2. The minimum Gasteiger partial charge on any atom is -0.368 e. The predicted octanol–water partition coefficient (Wildman–Crippen LogP) is 1.48. The maximum Gasteiger partial charge on any atom is 0.255 e. The third kappa shape index (κ3) is 2.78. The van der Waals surface area contributed by atoms with Crippen LogP contribution < -0.4 is 10.6 Å². The van der Waals surface area contributed by atoms with Crippen LogP contribution in [-0.4, -0.2) is 56.2 Å². The van der Waals surface area contributed by atoms with E-state index in [4.69, 9.17) is 4.74 Å². The zero-order valence-corrected chi connectivity index (χ0v) is 15.3. The Kier molecular flexibility index (Phi) is 4.56. The van der Waals surface area contributed by atoms with Crippen LogP contribution in [-0.2, 0) is 9.53 Å². The highest BCUT2D eigenvalue weighted by Crippen LogP contribution is 2.45. The van der Waals surface area contributed by atoms with Gasteiger partial charge in [-0.2, -0.15) is 0 Å². The van der Waals surface area contributed by atoms with Crippen LogP contribution >= 0.6 is 0 Å². The average Bonchev–Trinajstić information content (AvgIpc) is 3.23. The number of methoxy groups -OCH3 is 1. The summed E-state index contributed by atoms with van der Waals surface area (Å²) in [6.45, 7) is 6.69. The van der Waals surface area contributed by atoms with E-state index in [1.807, 2.05) is 0 Å². The number of benzene rings is 1. The second-order valence-electron chi connectivity index (χ2n) is 7.79. The molecule has 3 aliphatic rings. The van der Waals surface area contributed by atoms with Gasteiger partial charge < -0.3 is 20.3 Å². The largest absolute Gasteiger partial charge is 0.368 e. The standard InChI is InChI=1S/C20H29N3O2/c1-14-5-3-4-6-16(14)18-17-12-22-11-15(17)13-23(18)19(24)20(25-2)7-9-21-10-8-20/h3-6,15,17-18,21-22H,7-13H2,1-2H3/t15-,17-,18-/m0/s1. The Morgan fingerprint density at radius 1 is 1.20 bits per heavy atom. The molecule has 0 saturated carbocycles. The number of likely N-dealkylation sites (tertiary alicyclic amines) is 1. The molecule has 2 N–H and O–H groups in total. The Hall–Kier alpha value is -1.43. The van der Waals surface area contributed by atoms with E-state index in [2.05, 4.69) is 46.7 Å². The lowest BCUT2D eigenvalue weighted by atomic mass is 9.86. The summed E-state index contributed by atoms with van der Waals surface area (Å²) in [7, 11) is 1.70. The molecule has 0 spiro atoms. The summed E-state index contributed by atoms with van der Waals surface area (Å²) in [5, 5.41) is 6.88. The normalized spacial score (nSPS) is 31.1. The number of hydrogen-bond donors (Lipinski definition) is 2. The van der Waals surface area contributed by atoms with Crippen molar-refractivity contribution in [3.63, 3.8) is 0 Å². The number of rotatable bonds is 3. The maximum absolute atomic E-state index is 13.6. The highest BCUT2D eigenvalue weighted by molar-refractivity contribution is 5.86. The molecule has 25 heavy (non-hydrogen) atoms. The molecule has 3 atom stereocenters. The third-order valence-electron chi connectivity index (χ3n) is 6.52. The SMILES string of the molecule is COC1(C(=O)N2C[C@@H]3CNC[C@@H]3[C@@H]2c2ccccc2C)CCNCC1. The van der Waals surface area contributed by atoms with Crippen molar-refractivity contribution in [2.24, 2.45) is 11.8 Å². The molecule has 5 heteroatoms. The summed E-state index contributed by atoms with van der Waals surface area (Å²) in [6.07, 6.45) is 1.51. The van der Waals surface area contributed by atoms with Crippen molar-refractivity contribution in [1.82, 2.24) is 15.5 Å². The van der Waals surface area contributed by atoms with Gasteiger partial charge in [0.05, 0.1) is 6.04 Å². The lowest BCUT2D eigenvalue weighted by Crippen LogP contribution is -2.55. The average molecular weight is 343 g/mol. The van der Waals surface area contributed by atoms with E-state index in [1.54, 1.807) is 7.11 Å². The van der Waals surface area contributed by atoms with Gasteiger partial charge in [0.25, 0.3) is 5.91 Å². The van der Waals surface area contributed by atoms with Crippen LogP contribution in [0.25, 0.3) is 0 Å². The van der Waals surface area contributed by atoms with E-state index in [0.717, 1.165) is 45.6 Å². The second-order valence-corrected chi connectivity index (χ2v) is 7.79.